The molecule has 2 aromatic heterocycles. The van der Waals surface area contributed by atoms with E-state index in [0.29, 0.717) is 22.6 Å². The predicted octanol–water partition coefficient (Wildman–Crippen LogP) is 3.70. The molecule has 2 heterocycles. The smallest absolute Gasteiger partial charge is 0.255 e. The van der Waals surface area contributed by atoms with E-state index >= 15 is 0 Å². The average molecular weight is 404 g/mol. The number of nitrogens with one attached hydrogen (secondary N) is 1. The van der Waals surface area contributed by atoms with E-state index in [2.05, 4.69) is 20.5 Å². The second kappa shape index (κ2) is 7.90. The summed E-state index contributed by atoms with van der Waals surface area (Å²) in [5.74, 6) is -0.520. The van der Waals surface area contributed by atoms with Gasteiger partial charge in [0.25, 0.3) is 5.91 Å². The first kappa shape index (κ1) is 19.5. The van der Waals surface area contributed by atoms with E-state index in [1.54, 1.807) is 34.7 Å². The fourth-order valence-corrected chi connectivity index (χ4v) is 3.41. The van der Waals surface area contributed by atoms with E-state index in [9.17, 15) is 9.18 Å². The number of carbonyl (C=O) groups is 1. The lowest BCUT2D eigenvalue weighted by atomic mass is 10.1. The van der Waals surface area contributed by atoms with Gasteiger partial charge in [-0.2, -0.15) is 10.2 Å². The van der Waals surface area contributed by atoms with Crippen LogP contribution >= 0.6 is 0 Å². The Balaban J connectivity index is 1.53. The van der Waals surface area contributed by atoms with Crippen molar-refractivity contribution in [2.75, 3.05) is 0 Å². The summed E-state index contributed by atoms with van der Waals surface area (Å²) in [6.45, 7) is 5.55. The van der Waals surface area contributed by atoms with Crippen LogP contribution in [0.25, 0.3) is 11.4 Å². The monoisotopic (exact) mass is 404 g/mol. The first-order valence-electron chi connectivity index (χ1n) is 9.52. The molecule has 30 heavy (non-hydrogen) atoms. The lowest BCUT2D eigenvalue weighted by Gasteiger charge is -2.15. The van der Waals surface area contributed by atoms with Gasteiger partial charge in [0, 0.05) is 0 Å². The summed E-state index contributed by atoms with van der Waals surface area (Å²) in [6, 6.07) is 13.6. The highest BCUT2D eigenvalue weighted by Gasteiger charge is 2.21. The van der Waals surface area contributed by atoms with Crippen molar-refractivity contribution in [3.63, 3.8) is 0 Å². The van der Waals surface area contributed by atoms with Gasteiger partial charge in [0.05, 0.1) is 34.4 Å². The first-order chi connectivity index (χ1) is 14.4. The largest absolute Gasteiger partial charge is 0.345 e. The second-order valence-electron chi connectivity index (χ2n) is 7.06. The Hall–Kier alpha value is -3.81. The van der Waals surface area contributed by atoms with Crippen LogP contribution in [-0.4, -0.2) is 30.5 Å². The van der Waals surface area contributed by atoms with Crippen LogP contribution < -0.4 is 5.32 Å². The molecule has 2 aromatic carbocycles. The third-order valence-electron chi connectivity index (χ3n) is 5.01. The Morgan fingerprint density at radius 3 is 2.33 bits per heavy atom. The van der Waals surface area contributed by atoms with Crippen molar-refractivity contribution in [2.24, 2.45) is 0 Å². The Kier molecular flexibility index (Phi) is 5.14. The Morgan fingerprint density at radius 1 is 1.03 bits per heavy atom. The quantitative estimate of drug-likeness (QED) is 0.550. The summed E-state index contributed by atoms with van der Waals surface area (Å²) < 4.78 is 16.5. The van der Waals surface area contributed by atoms with Crippen molar-refractivity contribution in [2.45, 2.75) is 26.8 Å². The Bertz CT molecular complexity index is 1160. The number of carbonyl (C=O) groups excluding carboxylic acids is 1. The maximum absolute atomic E-state index is 13.2. The minimum Gasteiger partial charge on any atom is -0.345 e. The van der Waals surface area contributed by atoms with Crippen LogP contribution in [0.5, 0.6) is 0 Å². The van der Waals surface area contributed by atoms with Crippen molar-refractivity contribution in [1.82, 2.24) is 29.9 Å². The lowest BCUT2D eigenvalue weighted by molar-refractivity contribution is 0.0938. The van der Waals surface area contributed by atoms with Gasteiger partial charge in [0.1, 0.15) is 18.5 Å². The summed E-state index contributed by atoms with van der Waals surface area (Å²) in [5.41, 5.74) is 4.39. The van der Waals surface area contributed by atoms with Gasteiger partial charge in [-0.1, -0.05) is 12.1 Å². The maximum Gasteiger partial charge on any atom is 0.255 e. The number of aryl methyl sites for hydroxylation is 1. The van der Waals surface area contributed by atoms with Crippen LogP contribution in [0.15, 0.2) is 61.2 Å². The van der Waals surface area contributed by atoms with E-state index < -0.39 is 0 Å². The third kappa shape index (κ3) is 3.71. The molecule has 0 bridgehead atoms. The molecule has 4 rings (SSSR count). The van der Waals surface area contributed by atoms with Crippen LogP contribution in [0.4, 0.5) is 4.39 Å². The fourth-order valence-electron chi connectivity index (χ4n) is 3.41. The topological polar surface area (TPSA) is 77.6 Å². The van der Waals surface area contributed by atoms with Crippen LogP contribution in [0.2, 0.25) is 0 Å². The molecule has 0 saturated carbocycles. The molecule has 1 atom stereocenters. The molecule has 0 aliphatic carbocycles. The maximum atomic E-state index is 13.2. The molecule has 0 radical (unpaired) electrons. The van der Waals surface area contributed by atoms with E-state index in [4.69, 9.17) is 0 Å². The van der Waals surface area contributed by atoms with Crippen molar-refractivity contribution in [3.05, 3.63) is 89.5 Å². The minimum absolute atomic E-state index is 0.199. The van der Waals surface area contributed by atoms with Gasteiger partial charge in [0.2, 0.25) is 0 Å². The van der Waals surface area contributed by atoms with Crippen molar-refractivity contribution in [1.29, 1.82) is 0 Å². The van der Waals surface area contributed by atoms with Gasteiger partial charge >= 0.3 is 0 Å². The summed E-state index contributed by atoms with van der Waals surface area (Å²) in [4.78, 5) is 16.9. The minimum atomic E-state index is -0.318. The number of hydrogen-bond acceptors (Lipinski definition) is 4. The molecule has 1 amide bonds. The summed E-state index contributed by atoms with van der Waals surface area (Å²) in [6.07, 6.45) is 3.11. The second-order valence-corrected chi connectivity index (χ2v) is 7.06. The molecule has 0 spiro atoms. The molecular weight excluding hydrogens is 383 g/mol. The predicted molar refractivity (Wildman–Crippen MR) is 110 cm³/mol. The number of amides is 1. The standard InChI is InChI=1S/C22H21FN6O/c1-14(17-4-8-19(9-5-17)28-13-24-12-25-28)26-22(30)21-15(2)27-29(16(21)3)20-10-6-18(23)7-11-20/h4-14H,1-3H3,(H,26,30). The highest BCUT2D eigenvalue weighted by molar-refractivity contribution is 5.96. The molecule has 1 N–H and O–H groups in total. The summed E-state index contributed by atoms with van der Waals surface area (Å²) in [7, 11) is 0. The van der Waals surface area contributed by atoms with E-state index in [1.165, 1.54) is 18.5 Å². The highest BCUT2D eigenvalue weighted by atomic mass is 19.1. The van der Waals surface area contributed by atoms with Crippen LogP contribution in [0, 0.1) is 19.7 Å². The molecule has 0 aliphatic rings. The van der Waals surface area contributed by atoms with Gasteiger partial charge in [-0.15, -0.1) is 0 Å². The molecule has 8 heteroatoms. The summed E-state index contributed by atoms with van der Waals surface area (Å²) >= 11 is 0. The zero-order valence-corrected chi connectivity index (χ0v) is 16.9. The van der Waals surface area contributed by atoms with Crippen LogP contribution in [0.1, 0.15) is 40.3 Å². The van der Waals surface area contributed by atoms with Crippen LogP contribution in [-0.2, 0) is 0 Å². The fraction of sp³-hybridized carbons (Fsp3) is 0.182. The first-order valence-corrected chi connectivity index (χ1v) is 9.52. The highest BCUT2D eigenvalue weighted by Crippen LogP contribution is 2.21. The molecule has 152 valence electrons. The number of halogens is 1. The Labute approximate surface area is 173 Å². The molecule has 1 unspecified atom stereocenters. The number of nitrogens with zero attached hydrogens (tertiary/aromatic N) is 5. The number of benzene rings is 2. The summed E-state index contributed by atoms with van der Waals surface area (Å²) in [5, 5.41) is 11.6. The molecule has 4 aromatic rings. The SMILES string of the molecule is Cc1nn(-c2ccc(F)cc2)c(C)c1C(=O)NC(C)c1ccc(-n2cncn2)cc1. The van der Waals surface area contributed by atoms with E-state index in [1.807, 2.05) is 38.1 Å². The molecule has 7 nitrogen and oxygen atoms in total. The molecule has 0 fully saturated rings. The number of aromatic nitrogens is 5. The van der Waals surface area contributed by atoms with Crippen LogP contribution in [0.3, 0.4) is 0 Å². The zero-order chi connectivity index (χ0) is 21.3. The van der Waals surface area contributed by atoms with Crippen molar-refractivity contribution >= 4 is 5.91 Å². The Morgan fingerprint density at radius 2 is 1.70 bits per heavy atom. The van der Waals surface area contributed by atoms with Gasteiger partial charge in [0.15, 0.2) is 0 Å². The number of hydrogen-bond donors (Lipinski definition) is 1. The average Bonchev–Trinajstić information content (AvgIpc) is 3.37. The van der Waals surface area contributed by atoms with Gasteiger partial charge in [-0.05, 0) is 62.7 Å². The normalized spacial score (nSPS) is 12.0. The lowest BCUT2D eigenvalue weighted by Crippen LogP contribution is -2.27. The van der Waals surface area contributed by atoms with Gasteiger partial charge < -0.3 is 5.32 Å². The third-order valence-corrected chi connectivity index (χ3v) is 5.01. The van der Waals surface area contributed by atoms with Gasteiger partial charge in [-0.3, -0.25) is 4.79 Å². The zero-order valence-electron chi connectivity index (χ0n) is 16.9. The number of rotatable bonds is 5. The molecule has 0 saturated heterocycles. The van der Waals surface area contributed by atoms with Crippen molar-refractivity contribution < 1.29 is 9.18 Å². The van der Waals surface area contributed by atoms with E-state index in [-0.39, 0.29) is 17.8 Å². The van der Waals surface area contributed by atoms with Crippen molar-refractivity contribution in [3.8, 4) is 11.4 Å². The molecule has 0 aliphatic heterocycles. The molecular formula is C22H21FN6O. The van der Waals surface area contributed by atoms with E-state index in [0.717, 1.165) is 11.3 Å². The van der Waals surface area contributed by atoms with Gasteiger partial charge in [-0.25, -0.2) is 18.7 Å².